The lowest BCUT2D eigenvalue weighted by Gasteiger charge is -2.36. The molecule has 0 heterocycles. The molecule has 4 heteroatoms. The lowest BCUT2D eigenvalue weighted by molar-refractivity contribution is -0.141. The minimum absolute atomic E-state index is 0.127. The first kappa shape index (κ1) is 11.5. The van der Waals surface area contributed by atoms with E-state index in [1.54, 1.807) is 14.0 Å². The van der Waals surface area contributed by atoms with Crippen LogP contribution < -0.4 is 0 Å². The van der Waals surface area contributed by atoms with E-state index < -0.39 is 5.41 Å². The summed E-state index contributed by atoms with van der Waals surface area (Å²) in [6.07, 6.45) is 2.27. The van der Waals surface area contributed by atoms with Crippen LogP contribution in [0.3, 0.4) is 0 Å². The third kappa shape index (κ3) is 2.10. The van der Waals surface area contributed by atoms with Gasteiger partial charge in [0.05, 0.1) is 18.1 Å². The number of hydrogen-bond donors (Lipinski definition) is 0. The van der Waals surface area contributed by atoms with E-state index in [-0.39, 0.29) is 11.8 Å². The van der Waals surface area contributed by atoms with Crippen LogP contribution >= 0.6 is 0 Å². The van der Waals surface area contributed by atoms with Crippen LogP contribution in [0.5, 0.6) is 0 Å². The van der Waals surface area contributed by atoms with E-state index in [9.17, 15) is 4.79 Å². The van der Waals surface area contributed by atoms with Crippen molar-refractivity contribution in [3.8, 4) is 12.1 Å². The molecule has 1 unspecified atom stereocenters. The number of carbonyl (C=O) groups is 1. The van der Waals surface area contributed by atoms with Crippen molar-refractivity contribution in [1.29, 1.82) is 10.5 Å². The topological polar surface area (TPSA) is 67.9 Å². The Hall–Kier alpha value is -1.55. The van der Waals surface area contributed by atoms with E-state index in [1.807, 2.05) is 0 Å². The number of hydrogen-bond acceptors (Lipinski definition) is 3. The van der Waals surface area contributed by atoms with Gasteiger partial charge in [0.25, 0.3) is 0 Å². The van der Waals surface area contributed by atoms with Gasteiger partial charge in [-0.2, -0.15) is 10.5 Å². The minimum Gasteiger partial charge on any atom is -0.343 e. The largest absolute Gasteiger partial charge is 0.343 e. The van der Waals surface area contributed by atoms with Gasteiger partial charge in [-0.25, -0.2) is 0 Å². The highest BCUT2D eigenvalue weighted by molar-refractivity contribution is 5.86. The molecule has 0 aliphatic heterocycles. The van der Waals surface area contributed by atoms with Gasteiger partial charge in [0.15, 0.2) is 0 Å². The van der Waals surface area contributed by atoms with Crippen LogP contribution in [0.25, 0.3) is 0 Å². The van der Waals surface area contributed by atoms with Gasteiger partial charge in [-0.05, 0) is 26.2 Å². The van der Waals surface area contributed by atoms with Gasteiger partial charge in [0, 0.05) is 13.6 Å². The average Bonchev–Trinajstić information content (AvgIpc) is 2.16. The smallest absolute Gasteiger partial charge is 0.242 e. The molecule has 1 aliphatic rings. The Balaban J connectivity index is 2.61. The summed E-state index contributed by atoms with van der Waals surface area (Å²) in [7, 11) is 1.66. The second-order valence-electron chi connectivity index (χ2n) is 4.26. The van der Waals surface area contributed by atoms with E-state index in [4.69, 9.17) is 10.5 Å². The predicted octanol–water partition coefficient (Wildman–Crippen LogP) is 1.30. The fourth-order valence-electron chi connectivity index (χ4n) is 1.80. The van der Waals surface area contributed by atoms with E-state index in [0.717, 1.165) is 6.42 Å². The molecular formula is C11H15N3O. The first-order valence-electron chi connectivity index (χ1n) is 5.12. The fourth-order valence-corrected chi connectivity index (χ4v) is 1.80. The summed E-state index contributed by atoms with van der Waals surface area (Å²) in [6.45, 7) is 2.17. The Labute approximate surface area is 90.1 Å². The highest BCUT2D eigenvalue weighted by Crippen LogP contribution is 2.41. The van der Waals surface area contributed by atoms with E-state index in [1.165, 1.54) is 4.90 Å². The molecule has 0 spiro atoms. The zero-order chi connectivity index (χ0) is 11.5. The molecule has 80 valence electrons. The molecule has 15 heavy (non-hydrogen) atoms. The second kappa shape index (κ2) is 4.31. The minimum atomic E-state index is -0.788. The van der Waals surface area contributed by atoms with Crippen molar-refractivity contribution >= 4 is 5.91 Å². The third-order valence-electron chi connectivity index (χ3n) is 2.95. The molecule has 0 aromatic carbocycles. The summed E-state index contributed by atoms with van der Waals surface area (Å²) in [5, 5.41) is 17.6. The van der Waals surface area contributed by atoms with Crippen molar-refractivity contribution in [3.63, 3.8) is 0 Å². The van der Waals surface area contributed by atoms with E-state index in [0.29, 0.717) is 19.4 Å². The van der Waals surface area contributed by atoms with Gasteiger partial charge in [-0.3, -0.25) is 4.79 Å². The van der Waals surface area contributed by atoms with Crippen LogP contribution in [0.4, 0.5) is 0 Å². The highest BCUT2D eigenvalue weighted by atomic mass is 16.2. The molecule has 1 rings (SSSR count). The Morgan fingerprint density at radius 2 is 2.13 bits per heavy atom. The molecule has 1 aliphatic carbocycles. The Morgan fingerprint density at radius 1 is 1.53 bits per heavy atom. The van der Waals surface area contributed by atoms with Crippen LogP contribution in [0.2, 0.25) is 0 Å². The molecule has 1 amide bonds. The van der Waals surface area contributed by atoms with E-state index >= 15 is 0 Å². The van der Waals surface area contributed by atoms with Gasteiger partial charge >= 0.3 is 0 Å². The van der Waals surface area contributed by atoms with Crippen LogP contribution in [-0.2, 0) is 4.79 Å². The van der Waals surface area contributed by atoms with Crippen molar-refractivity contribution in [2.24, 2.45) is 11.3 Å². The van der Waals surface area contributed by atoms with Gasteiger partial charge < -0.3 is 4.90 Å². The van der Waals surface area contributed by atoms with Gasteiger partial charge in [-0.1, -0.05) is 0 Å². The van der Waals surface area contributed by atoms with Crippen molar-refractivity contribution in [1.82, 2.24) is 4.90 Å². The molecule has 0 radical (unpaired) electrons. The Kier molecular flexibility index (Phi) is 3.31. The van der Waals surface area contributed by atoms with Crippen LogP contribution in [0.15, 0.2) is 0 Å². The summed E-state index contributed by atoms with van der Waals surface area (Å²) >= 11 is 0. The molecule has 1 atom stereocenters. The maximum Gasteiger partial charge on any atom is 0.242 e. The predicted molar refractivity (Wildman–Crippen MR) is 54.3 cm³/mol. The molecule has 1 fully saturated rings. The standard InChI is InChI=1S/C11H15N3O/c1-9(6-12)7-14(2)10(15)11(8-13)4-3-5-11/h9H,3-5,7H2,1-2H3. The van der Waals surface area contributed by atoms with Crippen molar-refractivity contribution in [2.45, 2.75) is 26.2 Å². The van der Waals surface area contributed by atoms with Crippen molar-refractivity contribution in [3.05, 3.63) is 0 Å². The zero-order valence-electron chi connectivity index (χ0n) is 9.16. The summed E-state index contributed by atoms with van der Waals surface area (Å²) in [4.78, 5) is 13.4. The highest BCUT2D eigenvalue weighted by Gasteiger charge is 2.46. The number of nitrogens with zero attached hydrogens (tertiary/aromatic N) is 3. The Morgan fingerprint density at radius 3 is 2.47 bits per heavy atom. The summed E-state index contributed by atoms with van der Waals surface area (Å²) < 4.78 is 0. The molecule has 0 aromatic heterocycles. The first-order valence-corrected chi connectivity index (χ1v) is 5.12. The molecule has 0 bridgehead atoms. The maximum atomic E-state index is 11.9. The summed E-state index contributed by atoms with van der Waals surface area (Å²) in [5.41, 5.74) is -0.788. The summed E-state index contributed by atoms with van der Waals surface area (Å²) in [6, 6.07) is 4.19. The van der Waals surface area contributed by atoms with Gasteiger partial charge in [0.2, 0.25) is 5.91 Å². The SMILES string of the molecule is CC(C#N)CN(C)C(=O)C1(C#N)CCC1. The lowest BCUT2D eigenvalue weighted by atomic mass is 9.69. The number of rotatable bonds is 3. The molecule has 4 nitrogen and oxygen atoms in total. The second-order valence-corrected chi connectivity index (χ2v) is 4.26. The van der Waals surface area contributed by atoms with Crippen LogP contribution in [0.1, 0.15) is 26.2 Å². The first-order chi connectivity index (χ1) is 7.05. The molecule has 1 saturated carbocycles. The average molecular weight is 205 g/mol. The van der Waals surface area contributed by atoms with E-state index in [2.05, 4.69) is 12.1 Å². The number of carbonyl (C=O) groups excluding carboxylic acids is 1. The maximum absolute atomic E-state index is 11.9. The lowest BCUT2D eigenvalue weighted by Crippen LogP contribution is -2.46. The molecule has 0 aromatic rings. The van der Waals surface area contributed by atoms with Gasteiger partial charge in [0.1, 0.15) is 5.41 Å². The zero-order valence-corrected chi connectivity index (χ0v) is 9.16. The van der Waals surface area contributed by atoms with Crippen molar-refractivity contribution in [2.75, 3.05) is 13.6 Å². The summed E-state index contributed by atoms with van der Waals surface area (Å²) in [5.74, 6) is -0.312. The van der Waals surface area contributed by atoms with Gasteiger partial charge in [-0.15, -0.1) is 0 Å². The van der Waals surface area contributed by atoms with Crippen LogP contribution in [0, 0.1) is 34.0 Å². The normalized spacial score (nSPS) is 19.2. The third-order valence-corrected chi connectivity index (χ3v) is 2.95. The van der Waals surface area contributed by atoms with Crippen molar-refractivity contribution < 1.29 is 4.79 Å². The molecule has 0 saturated heterocycles. The molecule has 0 N–H and O–H groups in total. The number of nitriles is 2. The fraction of sp³-hybridized carbons (Fsp3) is 0.727. The monoisotopic (exact) mass is 205 g/mol. The van der Waals surface area contributed by atoms with Crippen LogP contribution in [-0.4, -0.2) is 24.4 Å². The quantitative estimate of drug-likeness (QED) is 0.697. The Bertz CT molecular complexity index is 333. The molecular weight excluding hydrogens is 190 g/mol. The number of amides is 1.